The zero-order chi connectivity index (χ0) is 19.7. The van der Waals surface area contributed by atoms with Gasteiger partial charge in [0.2, 0.25) is 0 Å². The molecule has 0 unspecified atom stereocenters. The van der Waals surface area contributed by atoms with Gasteiger partial charge < -0.3 is 9.47 Å². The van der Waals surface area contributed by atoms with Crippen molar-refractivity contribution in [3.8, 4) is 5.75 Å². The molecular weight excluding hydrogens is 364 g/mol. The van der Waals surface area contributed by atoms with Crippen molar-refractivity contribution in [3.05, 3.63) is 29.3 Å². The van der Waals surface area contributed by atoms with E-state index in [0.29, 0.717) is 5.02 Å². The Balaban J connectivity index is 1.93. The number of halogens is 1. The van der Waals surface area contributed by atoms with E-state index < -0.39 is 11.9 Å². The highest BCUT2D eigenvalue weighted by Gasteiger charge is 2.18. The molecule has 0 amide bonds. The summed E-state index contributed by atoms with van der Waals surface area (Å²) < 4.78 is 9.87. The Morgan fingerprint density at radius 2 is 1.22 bits per heavy atom. The summed E-state index contributed by atoms with van der Waals surface area (Å²) in [6, 6.07) is 6.22. The van der Waals surface area contributed by atoms with Crippen LogP contribution in [0.25, 0.3) is 0 Å². The first-order valence-corrected chi connectivity index (χ1v) is 10.7. The van der Waals surface area contributed by atoms with E-state index in [1.165, 1.54) is 69.9 Å². The van der Waals surface area contributed by atoms with E-state index in [0.717, 1.165) is 19.3 Å². The van der Waals surface area contributed by atoms with Gasteiger partial charge in [-0.2, -0.15) is 0 Å². The first-order valence-electron chi connectivity index (χ1n) is 10.3. The Hall–Kier alpha value is -1.55. The average Bonchev–Trinajstić information content (AvgIpc) is 2.67. The third kappa shape index (κ3) is 12.5. The fourth-order valence-corrected chi connectivity index (χ4v) is 2.94. The molecule has 0 aliphatic rings. The molecule has 0 N–H and O–H groups in total. The standard InChI is InChI=1S/C22H33ClO4/c1-2-3-4-5-6-7-8-9-10-11-12-13-18-26-21(24)22(25)27-20-16-14-19(23)15-17-20/h14-17H,2-13,18H2,1H3. The normalized spacial score (nSPS) is 10.6. The van der Waals surface area contributed by atoms with Crippen molar-refractivity contribution in [3.63, 3.8) is 0 Å². The monoisotopic (exact) mass is 396 g/mol. The number of hydrogen-bond acceptors (Lipinski definition) is 4. The molecule has 4 nitrogen and oxygen atoms in total. The largest absolute Gasteiger partial charge is 0.457 e. The van der Waals surface area contributed by atoms with Crippen LogP contribution in [0, 0.1) is 0 Å². The molecule has 0 fully saturated rings. The molecule has 27 heavy (non-hydrogen) atoms. The third-order valence-electron chi connectivity index (χ3n) is 4.42. The van der Waals surface area contributed by atoms with E-state index in [1.807, 2.05) is 0 Å². The Kier molecular flexibility index (Phi) is 13.5. The van der Waals surface area contributed by atoms with Crippen molar-refractivity contribution >= 4 is 23.5 Å². The van der Waals surface area contributed by atoms with Crippen molar-refractivity contribution in [2.24, 2.45) is 0 Å². The Bertz CT molecular complexity index is 528. The van der Waals surface area contributed by atoms with Crippen molar-refractivity contribution in [2.75, 3.05) is 6.61 Å². The minimum atomic E-state index is -1.00. The lowest BCUT2D eigenvalue weighted by Crippen LogP contribution is -2.23. The van der Waals surface area contributed by atoms with Crippen LogP contribution in [0.1, 0.15) is 84.0 Å². The quantitative estimate of drug-likeness (QED) is 0.156. The predicted octanol–water partition coefficient (Wildman–Crippen LogP) is 6.49. The summed E-state index contributed by atoms with van der Waals surface area (Å²) in [5.74, 6) is -1.68. The molecule has 0 aliphatic carbocycles. The van der Waals surface area contributed by atoms with Crippen LogP contribution in [0.4, 0.5) is 0 Å². The van der Waals surface area contributed by atoms with Gasteiger partial charge in [0.1, 0.15) is 5.75 Å². The van der Waals surface area contributed by atoms with Crippen LogP contribution in [-0.2, 0) is 14.3 Å². The van der Waals surface area contributed by atoms with Gasteiger partial charge in [-0.1, -0.05) is 89.2 Å². The molecule has 1 aromatic carbocycles. The molecule has 0 spiro atoms. The molecule has 0 bridgehead atoms. The molecule has 0 aliphatic heterocycles. The highest BCUT2D eigenvalue weighted by molar-refractivity contribution is 6.31. The van der Waals surface area contributed by atoms with Gasteiger partial charge in [0.05, 0.1) is 6.61 Å². The first kappa shape index (κ1) is 23.5. The maximum Gasteiger partial charge on any atom is 0.422 e. The molecule has 0 saturated carbocycles. The van der Waals surface area contributed by atoms with E-state index in [4.69, 9.17) is 21.1 Å². The second-order valence-corrected chi connectivity index (χ2v) is 7.30. The van der Waals surface area contributed by atoms with Crippen molar-refractivity contribution < 1.29 is 19.1 Å². The second-order valence-electron chi connectivity index (χ2n) is 6.87. The molecule has 0 heterocycles. The number of hydrogen-bond donors (Lipinski definition) is 0. The maximum atomic E-state index is 11.6. The maximum absolute atomic E-state index is 11.6. The number of carbonyl (C=O) groups excluding carboxylic acids is 2. The highest BCUT2D eigenvalue weighted by Crippen LogP contribution is 2.16. The fourth-order valence-electron chi connectivity index (χ4n) is 2.82. The fraction of sp³-hybridized carbons (Fsp3) is 0.636. The van der Waals surface area contributed by atoms with Crippen molar-refractivity contribution in [1.29, 1.82) is 0 Å². The van der Waals surface area contributed by atoms with Crippen LogP contribution in [-0.4, -0.2) is 18.5 Å². The minimum absolute atomic E-state index is 0.256. The zero-order valence-electron chi connectivity index (χ0n) is 16.5. The molecule has 1 aromatic rings. The third-order valence-corrected chi connectivity index (χ3v) is 4.67. The van der Waals surface area contributed by atoms with Gasteiger partial charge in [0, 0.05) is 5.02 Å². The van der Waals surface area contributed by atoms with Crippen LogP contribution in [0.2, 0.25) is 5.02 Å². The number of benzene rings is 1. The van der Waals surface area contributed by atoms with E-state index in [1.54, 1.807) is 12.1 Å². The molecule has 5 heteroatoms. The van der Waals surface area contributed by atoms with Gasteiger partial charge in [-0.25, -0.2) is 9.59 Å². The van der Waals surface area contributed by atoms with Gasteiger partial charge in [-0.15, -0.1) is 0 Å². The molecule has 0 radical (unpaired) electrons. The van der Waals surface area contributed by atoms with Crippen LogP contribution < -0.4 is 4.74 Å². The van der Waals surface area contributed by atoms with Crippen LogP contribution in [0.15, 0.2) is 24.3 Å². The molecule has 0 atom stereocenters. The molecule has 152 valence electrons. The van der Waals surface area contributed by atoms with E-state index in [-0.39, 0.29) is 12.4 Å². The molecular formula is C22H33ClO4. The predicted molar refractivity (Wildman–Crippen MR) is 109 cm³/mol. The topological polar surface area (TPSA) is 52.6 Å². The smallest absolute Gasteiger partial charge is 0.422 e. The van der Waals surface area contributed by atoms with Crippen LogP contribution >= 0.6 is 11.6 Å². The van der Waals surface area contributed by atoms with Gasteiger partial charge in [0.25, 0.3) is 0 Å². The highest BCUT2D eigenvalue weighted by atomic mass is 35.5. The van der Waals surface area contributed by atoms with Crippen molar-refractivity contribution in [1.82, 2.24) is 0 Å². The van der Waals surface area contributed by atoms with Crippen LogP contribution in [0.3, 0.4) is 0 Å². The van der Waals surface area contributed by atoms with Gasteiger partial charge >= 0.3 is 11.9 Å². The summed E-state index contributed by atoms with van der Waals surface area (Å²) in [7, 11) is 0. The van der Waals surface area contributed by atoms with Gasteiger partial charge in [0.15, 0.2) is 0 Å². The van der Waals surface area contributed by atoms with Crippen molar-refractivity contribution in [2.45, 2.75) is 84.0 Å². The molecule has 0 aromatic heterocycles. The number of carbonyl (C=O) groups is 2. The summed E-state index contributed by atoms with van der Waals surface area (Å²) in [5, 5.41) is 0.532. The lowest BCUT2D eigenvalue weighted by molar-refractivity contribution is -0.162. The summed E-state index contributed by atoms with van der Waals surface area (Å²) in [4.78, 5) is 23.2. The number of ether oxygens (including phenoxy) is 2. The SMILES string of the molecule is CCCCCCCCCCCCCCOC(=O)C(=O)Oc1ccc(Cl)cc1. The van der Waals surface area contributed by atoms with Gasteiger partial charge in [-0.05, 0) is 30.7 Å². The summed E-state index contributed by atoms with van der Waals surface area (Å²) in [6.07, 6.45) is 14.9. The Morgan fingerprint density at radius 1 is 0.741 bits per heavy atom. The minimum Gasteiger partial charge on any atom is -0.457 e. The number of esters is 2. The van der Waals surface area contributed by atoms with E-state index in [9.17, 15) is 9.59 Å². The second kappa shape index (κ2) is 15.5. The molecule has 0 saturated heterocycles. The zero-order valence-corrected chi connectivity index (χ0v) is 17.3. The lowest BCUT2D eigenvalue weighted by atomic mass is 10.1. The first-order chi connectivity index (χ1) is 13.1. The number of unbranched alkanes of at least 4 members (excludes halogenated alkanes) is 11. The van der Waals surface area contributed by atoms with E-state index in [2.05, 4.69) is 6.92 Å². The van der Waals surface area contributed by atoms with Gasteiger partial charge in [-0.3, -0.25) is 0 Å². The summed E-state index contributed by atoms with van der Waals surface area (Å²) in [6.45, 7) is 2.50. The Labute approximate surface area is 168 Å². The summed E-state index contributed by atoms with van der Waals surface area (Å²) >= 11 is 5.75. The molecule has 1 rings (SSSR count). The average molecular weight is 397 g/mol. The lowest BCUT2D eigenvalue weighted by Gasteiger charge is -2.06. The summed E-state index contributed by atoms with van der Waals surface area (Å²) in [5.41, 5.74) is 0. The van der Waals surface area contributed by atoms with E-state index >= 15 is 0 Å². The Morgan fingerprint density at radius 3 is 1.74 bits per heavy atom. The number of rotatable bonds is 14. The van der Waals surface area contributed by atoms with Crippen LogP contribution in [0.5, 0.6) is 5.75 Å².